The number of nitriles is 1. The Balaban J connectivity index is 1.69. The van der Waals surface area contributed by atoms with Crippen molar-refractivity contribution in [2.45, 2.75) is 39.0 Å². The number of methoxy groups -OCH3 is 1. The normalized spacial score (nSPS) is 11.5. The van der Waals surface area contributed by atoms with Crippen LogP contribution in [0, 0.1) is 24.1 Å². The van der Waals surface area contributed by atoms with E-state index in [1.807, 2.05) is 49.4 Å². The minimum Gasteiger partial charge on any atom is -0.496 e. The summed E-state index contributed by atoms with van der Waals surface area (Å²) in [6, 6.07) is 15.0. The molecule has 0 atom stereocenters. The predicted molar refractivity (Wildman–Crippen MR) is 120 cm³/mol. The lowest BCUT2D eigenvalue weighted by Crippen LogP contribution is -2.16. The van der Waals surface area contributed by atoms with Gasteiger partial charge in [0.1, 0.15) is 17.9 Å². The van der Waals surface area contributed by atoms with Gasteiger partial charge < -0.3 is 4.74 Å². The van der Waals surface area contributed by atoms with E-state index in [0.717, 1.165) is 28.2 Å². The molecule has 0 spiro atoms. The highest BCUT2D eigenvalue weighted by atomic mass is 19.1. The van der Waals surface area contributed by atoms with Crippen molar-refractivity contribution in [2.75, 3.05) is 7.11 Å². The van der Waals surface area contributed by atoms with Gasteiger partial charge in [-0.15, -0.1) is 10.2 Å². The number of aromatic nitrogens is 4. The molecule has 0 fully saturated rings. The second-order valence-corrected chi connectivity index (χ2v) is 8.25. The second-order valence-electron chi connectivity index (χ2n) is 8.25. The Labute approximate surface area is 186 Å². The third-order valence-corrected chi connectivity index (χ3v) is 5.76. The molecule has 0 radical (unpaired) electrons. The maximum Gasteiger partial charge on any atom is 0.168 e. The first kappa shape index (κ1) is 21.4. The monoisotopic (exact) mass is 429 g/mol. The summed E-state index contributed by atoms with van der Waals surface area (Å²) in [6.07, 6.45) is 2.75. The van der Waals surface area contributed by atoms with Crippen molar-refractivity contribution in [1.29, 1.82) is 5.26 Å². The molecular formula is C25H24FN5O. The second kappa shape index (κ2) is 8.39. The van der Waals surface area contributed by atoms with Gasteiger partial charge in [0.05, 0.1) is 24.3 Å². The Bertz CT molecular complexity index is 1340. The molecule has 3 heterocycles. The first-order valence-electron chi connectivity index (χ1n) is 10.4. The lowest BCUT2D eigenvalue weighted by atomic mass is 9.90. The van der Waals surface area contributed by atoms with E-state index in [1.54, 1.807) is 25.6 Å². The molecule has 0 saturated carbocycles. The van der Waals surface area contributed by atoms with Gasteiger partial charge in [-0.25, -0.2) is 4.39 Å². The standard InChI is InChI=1S/C25H24FN5O/c1-16-18(12-13-23(29-16)25(2,3)14-27)19-10-8-17(31-15-28-30-24(19)31)9-11-20-21(26)6-5-7-22(20)32-4/h5-8,10,12-13,15H,9,11H2,1-4H3. The van der Waals surface area contributed by atoms with Gasteiger partial charge in [0.15, 0.2) is 5.65 Å². The van der Waals surface area contributed by atoms with E-state index >= 15 is 0 Å². The summed E-state index contributed by atoms with van der Waals surface area (Å²) in [6.45, 7) is 5.63. The molecule has 0 bridgehead atoms. The number of hydrogen-bond donors (Lipinski definition) is 0. The van der Waals surface area contributed by atoms with Crippen molar-refractivity contribution in [3.8, 4) is 22.9 Å². The van der Waals surface area contributed by atoms with Gasteiger partial charge in [0.2, 0.25) is 0 Å². The van der Waals surface area contributed by atoms with E-state index in [9.17, 15) is 9.65 Å². The molecule has 1 aromatic carbocycles. The smallest absolute Gasteiger partial charge is 0.168 e. The topological polar surface area (TPSA) is 76.1 Å². The van der Waals surface area contributed by atoms with E-state index in [4.69, 9.17) is 4.74 Å². The number of rotatable bonds is 6. The first-order valence-corrected chi connectivity index (χ1v) is 10.4. The van der Waals surface area contributed by atoms with Gasteiger partial charge in [-0.2, -0.15) is 5.26 Å². The molecule has 4 aromatic rings. The van der Waals surface area contributed by atoms with Crippen LogP contribution < -0.4 is 4.74 Å². The van der Waals surface area contributed by atoms with Crippen LogP contribution in [0.3, 0.4) is 0 Å². The molecule has 4 rings (SSSR count). The molecule has 162 valence electrons. The van der Waals surface area contributed by atoms with Gasteiger partial charge in [-0.05, 0) is 63.9 Å². The number of fused-ring (bicyclic) bond motifs is 1. The van der Waals surface area contributed by atoms with Crippen molar-refractivity contribution < 1.29 is 9.13 Å². The summed E-state index contributed by atoms with van der Waals surface area (Å²) in [7, 11) is 1.55. The molecule has 0 aliphatic heterocycles. The van der Waals surface area contributed by atoms with Crippen molar-refractivity contribution in [2.24, 2.45) is 0 Å². The van der Waals surface area contributed by atoms with Gasteiger partial charge in [-0.1, -0.05) is 12.1 Å². The van der Waals surface area contributed by atoms with Crippen molar-refractivity contribution >= 4 is 5.65 Å². The van der Waals surface area contributed by atoms with Crippen LogP contribution in [0.15, 0.2) is 48.8 Å². The van der Waals surface area contributed by atoms with Crippen LogP contribution >= 0.6 is 0 Å². The first-order chi connectivity index (χ1) is 15.4. The Morgan fingerprint density at radius 1 is 1.09 bits per heavy atom. The number of nitrogens with zero attached hydrogens (tertiary/aromatic N) is 5. The maximum absolute atomic E-state index is 14.3. The zero-order valence-corrected chi connectivity index (χ0v) is 18.6. The van der Waals surface area contributed by atoms with Crippen LogP contribution in [-0.4, -0.2) is 26.7 Å². The average molecular weight is 429 g/mol. The molecule has 3 aromatic heterocycles. The number of aryl methyl sites for hydroxylation is 2. The average Bonchev–Trinajstić information content (AvgIpc) is 3.28. The Kier molecular flexibility index (Phi) is 5.62. The molecule has 32 heavy (non-hydrogen) atoms. The molecule has 7 heteroatoms. The van der Waals surface area contributed by atoms with Crippen LogP contribution in [0.25, 0.3) is 16.8 Å². The zero-order valence-electron chi connectivity index (χ0n) is 18.6. The number of ether oxygens (including phenoxy) is 1. The highest BCUT2D eigenvalue weighted by molar-refractivity contribution is 5.79. The summed E-state index contributed by atoms with van der Waals surface area (Å²) < 4.78 is 21.6. The SMILES string of the molecule is COc1cccc(F)c1CCc1ccc(-c2ccc(C(C)(C)C#N)nc2C)c2nncn12. The highest BCUT2D eigenvalue weighted by Gasteiger charge is 2.23. The summed E-state index contributed by atoms with van der Waals surface area (Å²) in [5.41, 5.74) is 4.95. The van der Waals surface area contributed by atoms with Crippen LogP contribution in [-0.2, 0) is 18.3 Å². The van der Waals surface area contributed by atoms with Crippen LogP contribution in [0.1, 0.15) is 36.5 Å². The summed E-state index contributed by atoms with van der Waals surface area (Å²) >= 11 is 0. The molecule has 0 aliphatic rings. The summed E-state index contributed by atoms with van der Waals surface area (Å²) in [5, 5.41) is 17.8. The molecule has 0 amide bonds. The van der Waals surface area contributed by atoms with Crippen LogP contribution in [0.5, 0.6) is 5.75 Å². The fourth-order valence-corrected chi connectivity index (χ4v) is 3.85. The number of hydrogen-bond acceptors (Lipinski definition) is 5. The van der Waals surface area contributed by atoms with Gasteiger partial charge in [0.25, 0.3) is 0 Å². The molecule has 6 nitrogen and oxygen atoms in total. The van der Waals surface area contributed by atoms with E-state index in [2.05, 4.69) is 21.3 Å². The van der Waals surface area contributed by atoms with Gasteiger partial charge >= 0.3 is 0 Å². The van der Waals surface area contributed by atoms with E-state index in [-0.39, 0.29) is 5.82 Å². The van der Waals surface area contributed by atoms with Gasteiger partial charge in [0, 0.05) is 28.1 Å². The van der Waals surface area contributed by atoms with E-state index in [0.29, 0.717) is 29.8 Å². The predicted octanol–water partition coefficient (Wildman–Crippen LogP) is 4.83. The molecule has 0 unspecified atom stereocenters. The number of benzene rings is 1. The molecule has 0 N–H and O–H groups in total. The third kappa shape index (κ3) is 3.80. The van der Waals surface area contributed by atoms with Crippen LogP contribution in [0.2, 0.25) is 0 Å². The third-order valence-electron chi connectivity index (χ3n) is 5.76. The van der Waals surface area contributed by atoms with Crippen molar-refractivity contribution in [1.82, 2.24) is 19.6 Å². The van der Waals surface area contributed by atoms with Crippen LogP contribution in [0.4, 0.5) is 4.39 Å². The Morgan fingerprint density at radius 2 is 1.88 bits per heavy atom. The minimum atomic E-state index is -0.662. The Hall–Kier alpha value is -3.79. The zero-order chi connectivity index (χ0) is 22.9. The number of halogens is 1. The molecular weight excluding hydrogens is 405 g/mol. The summed E-state index contributed by atoms with van der Waals surface area (Å²) in [4.78, 5) is 4.67. The lowest BCUT2D eigenvalue weighted by molar-refractivity contribution is 0.404. The van der Waals surface area contributed by atoms with Crippen molar-refractivity contribution in [3.05, 3.63) is 77.3 Å². The Morgan fingerprint density at radius 3 is 2.59 bits per heavy atom. The lowest BCUT2D eigenvalue weighted by Gasteiger charge is -2.17. The highest BCUT2D eigenvalue weighted by Crippen LogP contribution is 2.30. The number of pyridine rings is 2. The minimum absolute atomic E-state index is 0.275. The fourth-order valence-electron chi connectivity index (χ4n) is 3.85. The van der Waals surface area contributed by atoms with E-state index < -0.39 is 5.41 Å². The summed E-state index contributed by atoms with van der Waals surface area (Å²) in [5.74, 6) is 0.270. The molecule has 0 saturated heterocycles. The van der Waals surface area contributed by atoms with Gasteiger partial charge in [-0.3, -0.25) is 9.38 Å². The fraction of sp³-hybridized carbons (Fsp3) is 0.280. The quantitative estimate of drug-likeness (QED) is 0.439. The largest absolute Gasteiger partial charge is 0.496 e. The molecule has 0 aliphatic carbocycles. The maximum atomic E-state index is 14.3. The van der Waals surface area contributed by atoms with E-state index in [1.165, 1.54) is 6.07 Å². The van der Waals surface area contributed by atoms with Crippen molar-refractivity contribution in [3.63, 3.8) is 0 Å².